The fourth-order valence-electron chi connectivity index (χ4n) is 3.66. The first-order chi connectivity index (χ1) is 15.3. The summed E-state index contributed by atoms with van der Waals surface area (Å²) in [6.07, 6.45) is 5.70. The molecule has 1 saturated heterocycles. The van der Waals surface area contributed by atoms with Gasteiger partial charge in [0.2, 0.25) is 0 Å². The Bertz CT molecular complexity index is 1240. The summed E-state index contributed by atoms with van der Waals surface area (Å²) in [5, 5.41) is 0.742. The zero-order valence-electron chi connectivity index (χ0n) is 18.3. The van der Waals surface area contributed by atoms with E-state index in [1.165, 1.54) is 18.5 Å². The summed E-state index contributed by atoms with van der Waals surface area (Å²) in [6, 6.07) is 8.05. The van der Waals surface area contributed by atoms with E-state index in [-0.39, 0.29) is 11.9 Å². The molecule has 170 valence electrons. The highest BCUT2D eigenvalue weighted by Crippen LogP contribution is 2.35. The van der Waals surface area contributed by atoms with Crippen LogP contribution < -0.4 is 9.47 Å². The Morgan fingerprint density at radius 2 is 2.06 bits per heavy atom. The van der Waals surface area contributed by atoms with Crippen molar-refractivity contribution in [3.63, 3.8) is 0 Å². The molecule has 1 atom stereocenters. The molecule has 0 amide bonds. The minimum absolute atomic E-state index is 0.0983. The van der Waals surface area contributed by atoms with E-state index in [1.54, 1.807) is 30.7 Å². The summed E-state index contributed by atoms with van der Waals surface area (Å²) >= 11 is 0. The highest BCUT2D eigenvalue weighted by molar-refractivity contribution is 7.92. The first kappa shape index (κ1) is 22.4. The third kappa shape index (κ3) is 5.34. The molecule has 3 aromatic rings. The van der Waals surface area contributed by atoms with Crippen LogP contribution in [-0.2, 0) is 20.9 Å². The Morgan fingerprint density at radius 3 is 2.78 bits per heavy atom. The van der Waals surface area contributed by atoms with E-state index < -0.39 is 9.73 Å². The number of ether oxygens (including phenoxy) is 3. The average molecular weight is 460 g/mol. The van der Waals surface area contributed by atoms with Crippen molar-refractivity contribution < 1.29 is 22.8 Å². The van der Waals surface area contributed by atoms with Gasteiger partial charge in [-0.05, 0) is 19.1 Å². The topological polar surface area (TPSA) is 82.9 Å². The molecule has 1 aliphatic rings. The summed E-state index contributed by atoms with van der Waals surface area (Å²) in [6.45, 7) is 3.45. The maximum absolute atomic E-state index is 14.0. The molecule has 0 saturated carbocycles. The number of halogens is 1. The van der Waals surface area contributed by atoms with Crippen LogP contribution in [-0.4, -0.2) is 52.6 Å². The van der Waals surface area contributed by atoms with Gasteiger partial charge in [-0.25, -0.2) is 18.6 Å². The molecule has 0 N–H and O–H groups in total. The fraction of sp³-hybridized carbons (Fsp3) is 0.391. The standard InChI is InChI=1S/C23H26FN3O4S/c1-4-30-22-12-17(27-32(2,3)28)11-20-23(22)19(25-14-26-20)9-15-5-6-16(24)10-21(15)31-18-7-8-29-13-18/h5-6,10-12,14,18H,4,7-9,13H2,1-3H3/t18-/m0/s1. The van der Waals surface area contributed by atoms with E-state index in [1.807, 2.05) is 6.92 Å². The van der Waals surface area contributed by atoms with Gasteiger partial charge in [0.05, 0.1) is 42.1 Å². The van der Waals surface area contributed by atoms with Crippen LogP contribution in [0.2, 0.25) is 0 Å². The molecular formula is C23H26FN3O4S. The van der Waals surface area contributed by atoms with Crippen molar-refractivity contribution in [1.29, 1.82) is 0 Å². The van der Waals surface area contributed by atoms with Crippen LogP contribution in [0.1, 0.15) is 24.6 Å². The van der Waals surface area contributed by atoms with Gasteiger partial charge in [0.15, 0.2) is 0 Å². The molecule has 1 fully saturated rings. The lowest BCUT2D eigenvalue weighted by molar-refractivity contribution is 0.140. The van der Waals surface area contributed by atoms with Crippen molar-refractivity contribution in [2.45, 2.75) is 25.9 Å². The van der Waals surface area contributed by atoms with Crippen LogP contribution >= 0.6 is 0 Å². The van der Waals surface area contributed by atoms with Crippen molar-refractivity contribution in [2.75, 3.05) is 32.3 Å². The van der Waals surface area contributed by atoms with Crippen LogP contribution in [0.4, 0.5) is 10.1 Å². The number of fused-ring (bicyclic) bond motifs is 1. The molecule has 0 bridgehead atoms. The minimum atomic E-state index is -2.34. The summed E-state index contributed by atoms with van der Waals surface area (Å²) in [7, 11) is -2.34. The van der Waals surface area contributed by atoms with Gasteiger partial charge in [-0.15, -0.1) is 0 Å². The summed E-state index contributed by atoms with van der Waals surface area (Å²) in [5.41, 5.74) is 2.70. The van der Waals surface area contributed by atoms with Crippen LogP contribution in [0.25, 0.3) is 10.9 Å². The van der Waals surface area contributed by atoms with Crippen molar-refractivity contribution in [3.05, 3.63) is 53.7 Å². The van der Waals surface area contributed by atoms with E-state index >= 15 is 0 Å². The van der Waals surface area contributed by atoms with Crippen LogP contribution in [0.15, 0.2) is 41.0 Å². The molecular weight excluding hydrogens is 433 g/mol. The molecule has 0 aliphatic carbocycles. The van der Waals surface area contributed by atoms with Gasteiger partial charge >= 0.3 is 0 Å². The number of benzene rings is 2. The van der Waals surface area contributed by atoms with Gasteiger partial charge in [-0.2, -0.15) is 4.36 Å². The fourth-order valence-corrected chi connectivity index (χ4v) is 4.28. The molecule has 0 radical (unpaired) electrons. The third-order valence-corrected chi connectivity index (χ3v) is 5.61. The number of hydrogen-bond donors (Lipinski definition) is 0. The molecule has 9 heteroatoms. The smallest absolute Gasteiger partial charge is 0.132 e. The summed E-state index contributed by atoms with van der Waals surface area (Å²) in [4.78, 5) is 8.88. The zero-order chi connectivity index (χ0) is 22.7. The van der Waals surface area contributed by atoms with Crippen molar-refractivity contribution in [2.24, 2.45) is 4.36 Å². The predicted molar refractivity (Wildman–Crippen MR) is 122 cm³/mol. The molecule has 7 nitrogen and oxygen atoms in total. The highest BCUT2D eigenvalue weighted by Gasteiger charge is 2.20. The second-order valence-corrected chi connectivity index (χ2v) is 10.4. The first-order valence-corrected chi connectivity index (χ1v) is 12.8. The summed E-state index contributed by atoms with van der Waals surface area (Å²) in [5.74, 6) is 0.685. The Morgan fingerprint density at radius 1 is 1.22 bits per heavy atom. The highest BCUT2D eigenvalue weighted by atomic mass is 32.2. The Balaban J connectivity index is 1.78. The minimum Gasteiger partial charge on any atom is -0.493 e. The van der Waals surface area contributed by atoms with Gasteiger partial charge in [0.25, 0.3) is 0 Å². The molecule has 32 heavy (non-hydrogen) atoms. The zero-order valence-corrected chi connectivity index (χ0v) is 19.2. The van der Waals surface area contributed by atoms with E-state index in [0.717, 1.165) is 23.1 Å². The molecule has 2 aromatic carbocycles. The monoisotopic (exact) mass is 459 g/mol. The number of nitrogens with zero attached hydrogens (tertiary/aromatic N) is 3. The van der Waals surface area contributed by atoms with Gasteiger partial charge in [0.1, 0.15) is 29.7 Å². The van der Waals surface area contributed by atoms with E-state index in [9.17, 15) is 8.60 Å². The van der Waals surface area contributed by atoms with Gasteiger partial charge < -0.3 is 14.2 Å². The molecule has 0 unspecified atom stereocenters. The average Bonchev–Trinajstić information content (AvgIpc) is 3.22. The van der Waals surface area contributed by atoms with Crippen LogP contribution in [0.5, 0.6) is 11.5 Å². The first-order valence-electron chi connectivity index (χ1n) is 10.4. The second kappa shape index (κ2) is 9.38. The number of aromatic nitrogens is 2. The lowest BCUT2D eigenvalue weighted by Crippen LogP contribution is -2.17. The van der Waals surface area contributed by atoms with Gasteiger partial charge in [-0.3, -0.25) is 0 Å². The lowest BCUT2D eigenvalue weighted by atomic mass is 10.0. The number of hydrogen-bond acceptors (Lipinski definition) is 7. The Labute approximate surface area is 187 Å². The van der Waals surface area contributed by atoms with Gasteiger partial charge in [0, 0.05) is 52.8 Å². The quantitative estimate of drug-likeness (QED) is 0.524. The van der Waals surface area contributed by atoms with E-state index in [2.05, 4.69) is 14.3 Å². The van der Waals surface area contributed by atoms with E-state index in [4.69, 9.17) is 14.2 Å². The normalized spacial score (nSPS) is 16.3. The summed E-state index contributed by atoms with van der Waals surface area (Å²) < 4.78 is 47.7. The Kier molecular flexibility index (Phi) is 6.57. The van der Waals surface area contributed by atoms with Crippen LogP contribution in [0, 0.1) is 5.82 Å². The van der Waals surface area contributed by atoms with E-state index in [0.29, 0.717) is 48.9 Å². The van der Waals surface area contributed by atoms with Crippen molar-refractivity contribution >= 4 is 26.3 Å². The van der Waals surface area contributed by atoms with Crippen molar-refractivity contribution in [3.8, 4) is 11.5 Å². The predicted octanol–water partition coefficient (Wildman–Crippen LogP) is 4.29. The van der Waals surface area contributed by atoms with Crippen molar-refractivity contribution in [1.82, 2.24) is 9.97 Å². The maximum atomic E-state index is 14.0. The molecule has 4 rings (SSSR count). The maximum Gasteiger partial charge on any atom is 0.132 e. The van der Waals surface area contributed by atoms with Gasteiger partial charge in [-0.1, -0.05) is 6.07 Å². The lowest BCUT2D eigenvalue weighted by Gasteiger charge is -2.17. The largest absolute Gasteiger partial charge is 0.493 e. The molecule has 0 spiro atoms. The molecule has 1 aromatic heterocycles. The SMILES string of the molecule is CCOc1cc(N=S(C)(C)=O)cc2ncnc(Cc3ccc(F)cc3O[C@H]3CCOC3)c12. The Hall–Kier alpha value is -2.78. The van der Waals surface area contributed by atoms with Crippen LogP contribution in [0.3, 0.4) is 0 Å². The molecule has 2 heterocycles. The third-order valence-electron chi connectivity index (χ3n) is 4.96. The molecule has 1 aliphatic heterocycles. The second-order valence-electron chi connectivity index (χ2n) is 7.90. The number of rotatable bonds is 7.